The summed E-state index contributed by atoms with van der Waals surface area (Å²) in [6, 6.07) is 0.916. The van der Waals surface area contributed by atoms with Crippen molar-refractivity contribution in [3.8, 4) is 0 Å². The largest absolute Gasteiger partial charge is 0.416 e. The first-order chi connectivity index (χ1) is 6.90. The summed E-state index contributed by atoms with van der Waals surface area (Å²) in [5, 5.41) is 17.4. The molecule has 0 aromatic heterocycles. The van der Waals surface area contributed by atoms with Gasteiger partial charge in [0.05, 0.1) is 18.8 Å². The Morgan fingerprint density at radius 2 is 1.67 bits per heavy atom. The Morgan fingerprint density at radius 3 is 2.07 bits per heavy atom. The first kappa shape index (κ1) is 11.9. The molecule has 0 aliphatic carbocycles. The second-order valence-corrected chi connectivity index (χ2v) is 2.91. The van der Waals surface area contributed by atoms with Gasteiger partial charge in [-0.05, 0) is 17.7 Å². The minimum Gasteiger partial charge on any atom is -0.392 e. The van der Waals surface area contributed by atoms with Crippen molar-refractivity contribution < 1.29 is 27.8 Å². The van der Waals surface area contributed by atoms with Gasteiger partial charge in [-0.25, -0.2) is 4.39 Å². The highest BCUT2D eigenvalue weighted by molar-refractivity contribution is 5.34. The summed E-state index contributed by atoms with van der Waals surface area (Å²) in [5.41, 5.74) is -1.75. The maximum Gasteiger partial charge on any atom is 0.416 e. The van der Waals surface area contributed by atoms with Gasteiger partial charge in [0, 0.05) is 5.56 Å². The predicted octanol–water partition coefficient (Wildman–Crippen LogP) is 1.83. The SMILES string of the molecule is OCc1cc(C(F)(F)F)cc(F)c1CO. The molecule has 1 aromatic carbocycles. The van der Waals surface area contributed by atoms with Gasteiger partial charge in [-0.1, -0.05) is 0 Å². The maximum absolute atomic E-state index is 13.1. The van der Waals surface area contributed by atoms with Gasteiger partial charge in [0.25, 0.3) is 0 Å². The number of halogens is 4. The molecule has 0 fully saturated rings. The zero-order chi connectivity index (χ0) is 11.6. The third kappa shape index (κ3) is 2.45. The standard InChI is InChI=1S/C9H8F4O2/c10-8-2-6(9(11,12)13)1-5(3-14)7(8)4-15/h1-2,14-15H,3-4H2. The highest BCUT2D eigenvalue weighted by atomic mass is 19.4. The van der Waals surface area contributed by atoms with Crippen LogP contribution in [0.4, 0.5) is 17.6 Å². The van der Waals surface area contributed by atoms with Gasteiger partial charge in [-0.3, -0.25) is 0 Å². The molecule has 0 heterocycles. The van der Waals surface area contributed by atoms with E-state index in [1.165, 1.54) is 0 Å². The van der Waals surface area contributed by atoms with E-state index in [0.717, 1.165) is 0 Å². The summed E-state index contributed by atoms with van der Waals surface area (Å²) in [6.45, 7) is -1.50. The van der Waals surface area contributed by atoms with Gasteiger partial charge in [0.15, 0.2) is 0 Å². The van der Waals surface area contributed by atoms with Crippen LogP contribution in [0, 0.1) is 5.82 Å². The van der Waals surface area contributed by atoms with Gasteiger partial charge < -0.3 is 10.2 Å². The van der Waals surface area contributed by atoms with E-state index >= 15 is 0 Å². The summed E-state index contributed by atoms with van der Waals surface area (Å²) >= 11 is 0. The third-order valence-corrected chi connectivity index (χ3v) is 1.94. The molecule has 1 rings (SSSR count). The zero-order valence-corrected chi connectivity index (χ0v) is 7.48. The molecule has 0 aliphatic rings. The number of rotatable bonds is 2. The molecule has 0 saturated heterocycles. The number of aliphatic hydroxyl groups is 2. The predicted molar refractivity (Wildman–Crippen MR) is 43.2 cm³/mol. The summed E-state index contributed by atoms with van der Waals surface area (Å²) in [7, 11) is 0. The summed E-state index contributed by atoms with van der Waals surface area (Å²) in [6.07, 6.45) is -4.67. The van der Waals surface area contributed by atoms with Crippen molar-refractivity contribution in [2.45, 2.75) is 19.4 Å². The topological polar surface area (TPSA) is 40.5 Å². The first-order valence-corrected chi connectivity index (χ1v) is 4.00. The van der Waals surface area contributed by atoms with Gasteiger partial charge >= 0.3 is 6.18 Å². The molecule has 84 valence electrons. The normalized spacial score (nSPS) is 11.9. The molecule has 0 unspecified atom stereocenters. The van der Waals surface area contributed by atoms with Crippen LogP contribution in [-0.4, -0.2) is 10.2 Å². The lowest BCUT2D eigenvalue weighted by Crippen LogP contribution is -2.09. The smallest absolute Gasteiger partial charge is 0.392 e. The lowest BCUT2D eigenvalue weighted by atomic mass is 10.0. The Bertz CT molecular complexity index is 360. The van der Waals surface area contributed by atoms with Crippen LogP contribution in [0.1, 0.15) is 16.7 Å². The Hall–Kier alpha value is -1.14. The number of aliphatic hydroxyl groups excluding tert-OH is 2. The van der Waals surface area contributed by atoms with Crippen LogP contribution in [0.3, 0.4) is 0 Å². The quantitative estimate of drug-likeness (QED) is 0.752. The van der Waals surface area contributed by atoms with Crippen molar-refractivity contribution in [1.29, 1.82) is 0 Å². The molecule has 2 nitrogen and oxygen atoms in total. The third-order valence-electron chi connectivity index (χ3n) is 1.94. The van der Waals surface area contributed by atoms with Gasteiger partial charge in [-0.15, -0.1) is 0 Å². The number of alkyl halides is 3. The zero-order valence-electron chi connectivity index (χ0n) is 7.48. The van der Waals surface area contributed by atoms with Crippen LogP contribution >= 0.6 is 0 Å². The van der Waals surface area contributed by atoms with Crippen LogP contribution in [0.25, 0.3) is 0 Å². The van der Waals surface area contributed by atoms with E-state index in [4.69, 9.17) is 10.2 Å². The Morgan fingerprint density at radius 1 is 1.07 bits per heavy atom. The molecule has 0 radical (unpaired) electrons. The molecule has 0 atom stereocenters. The van der Waals surface area contributed by atoms with E-state index in [1.54, 1.807) is 0 Å². The van der Waals surface area contributed by atoms with E-state index in [0.29, 0.717) is 12.1 Å². The molecule has 0 aliphatic heterocycles. The van der Waals surface area contributed by atoms with E-state index in [1.807, 2.05) is 0 Å². The monoisotopic (exact) mass is 224 g/mol. The molecule has 1 aromatic rings. The average Bonchev–Trinajstić information content (AvgIpc) is 2.15. The van der Waals surface area contributed by atoms with Crippen LogP contribution in [0.5, 0.6) is 0 Å². The van der Waals surface area contributed by atoms with Crippen LogP contribution < -0.4 is 0 Å². The maximum atomic E-state index is 13.1. The molecule has 0 spiro atoms. The summed E-state index contributed by atoms with van der Waals surface area (Å²) in [5.74, 6) is -1.17. The van der Waals surface area contributed by atoms with Gasteiger partial charge in [0.1, 0.15) is 5.82 Å². The van der Waals surface area contributed by atoms with E-state index < -0.39 is 30.8 Å². The fourth-order valence-electron chi connectivity index (χ4n) is 1.18. The Balaban J connectivity index is 3.32. The lowest BCUT2D eigenvalue weighted by molar-refractivity contribution is -0.137. The minimum absolute atomic E-state index is 0.259. The fraction of sp³-hybridized carbons (Fsp3) is 0.333. The Labute approximate surface area is 82.8 Å². The van der Waals surface area contributed by atoms with Crippen LogP contribution in [-0.2, 0) is 19.4 Å². The molecular formula is C9H8F4O2. The number of hydrogen-bond donors (Lipinski definition) is 2. The molecule has 2 N–H and O–H groups in total. The van der Waals surface area contributed by atoms with Crippen molar-refractivity contribution in [2.75, 3.05) is 0 Å². The molecule has 6 heteroatoms. The average molecular weight is 224 g/mol. The second kappa shape index (κ2) is 4.16. The summed E-state index contributed by atoms with van der Waals surface area (Å²) in [4.78, 5) is 0. The van der Waals surface area contributed by atoms with Crippen molar-refractivity contribution in [3.05, 3.63) is 34.6 Å². The number of benzene rings is 1. The Kier molecular flexibility index (Phi) is 3.31. The molecule has 0 saturated carbocycles. The number of hydrogen-bond acceptors (Lipinski definition) is 2. The molecular weight excluding hydrogens is 216 g/mol. The highest BCUT2D eigenvalue weighted by Gasteiger charge is 2.32. The molecule has 0 amide bonds. The fourth-order valence-corrected chi connectivity index (χ4v) is 1.18. The van der Waals surface area contributed by atoms with Crippen LogP contribution in [0.15, 0.2) is 12.1 Å². The van der Waals surface area contributed by atoms with Crippen molar-refractivity contribution in [1.82, 2.24) is 0 Å². The van der Waals surface area contributed by atoms with Crippen molar-refractivity contribution in [3.63, 3.8) is 0 Å². The second-order valence-electron chi connectivity index (χ2n) is 2.91. The van der Waals surface area contributed by atoms with Gasteiger partial charge in [-0.2, -0.15) is 13.2 Å². The molecule has 0 bridgehead atoms. The van der Waals surface area contributed by atoms with Crippen LogP contribution in [0.2, 0.25) is 0 Å². The van der Waals surface area contributed by atoms with E-state index in [9.17, 15) is 17.6 Å². The first-order valence-electron chi connectivity index (χ1n) is 4.00. The van der Waals surface area contributed by atoms with Crippen molar-refractivity contribution in [2.24, 2.45) is 0 Å². The minimum atomic E-state index is -4.67. The van der Waals surface area contributed by atoms with E-state index in [-0.39, 0.29) is 11.1 Å². The van der Waals surface area contributed by atoms with Crippen molar-refractivity contribution >= 4 is 0 Å². The summed E-state index contributed by atoms with van der Waals surface area (Å²) < 4.78 is 49.7. The van der Waals surface area contributed by atoms with E-state index in [2.05, 4.69) is 0 Å². The lowest BCUT2D eigenvalue weighted by Gasteiger charge is -2.11. The molecule has 15 heavy (non-hydrogen) atoms. The van der Waals surface area contributed by atoms with Gasteiger partial charge in [0.2, 0.25) is 0 Å². The highest BCUT2D eigenvalue weighted by Crippen LogP contribution is 2.31.